The highest BCUT2D eigenvalue weighted by atomic mass is 16.5. The third-order valence-corrected chi connectivity index (χ3v) is 2.37. The fraction of sp³-hybridized carbons (Fsp3) is 0.917. The molecular weight excluding hydrogens is 220 g/mol. The van der Waals surface area contributed by atoms with Crippen molar-refractivity contribution in [1.29, 1.82) is 0 Å². The molecule has 0 aromatic heterocycles. The minimum Gasteiger partial charge on any atom is -0.394 e. The van der Waals surface area contributed by atoms with E-state index in [2.05, 4.69) is 19.2 Å². The van der Waals surface area contributed by atoms with Crippen LogP contribution in [-0.4, -0.2) is 61.4 Å². The Morgan fingerprint density at radius 3 is 2.65 bits per heavy atom. The van der Waals surface area contributed by atoms with Crippen molar-refractivity contribution in [1.82, 2.24) is 10.2 Å². The first-order valence-electron chi connectivity index (χ1n) is 6.31. The van der Waals surface area contributed by atoms with Crippen LogP contribution in [0.25, 0.3) is 0 Å². The first-order valence-corrected chi connectivity index (χ1v) is 6.31. The lowest BCUT2D eigenvalue weighted by Gasteiger charge is -2.21. The minimum absolute atomic E-state index is 0.0262. The number of nitrogens with zero attached hydrogens (tertiary/aromatic N) is 1. The molecule has 5 nitrogen and oxygen atoms in total. The van der Waals surface area contributed by atoms with Crippen LogP contribution in [0.5, 0.6) is 0 Å². The zero-order valence-electron chi connectivity index (χ0n) is 11.2. The van der Waals surface area contributed by atoms with Gasteiger partial charge in [0.2, 0.25) is 5.91 Å². The van der Waals surface area contributed by atoms with E-state index in [9.17, 15) is 4.79 Å². The Morgan fingerprint density at radius 1 is 1.41 bits per heavy atom. The zero-order valence-corrected chi connectivity index (χ0v) is 11.2. The molecule has 5 heteroatoms. The predicted molar refractivity (Wildman–Crippen MR) is 67.9 cm³/mol. The standard InChI is InChI=1S/C12H26N2O3/c1-4-14(7-9-17-10-8-15)12(16)5-6-13-11(2)3/h11,13,15H,4-10H2,1-3H3. The van der Waals surface area contributed by atoms with E-state index < -0.39 is 0 Å². The van der Waals surface area contributed by atoms with Crippen LogP contribution in [0.1, 0.15) is 27.2 Å². The summed E-state index contributed by atoms with van der Waals surface area (Å²) in [6.07, 6.45) is 0.520. The number of carbonyl (C=O) groups excluding carboxylic acids is 1. The molecule has 0 saturated heterocycles. The van der Waals surface area contributed by atoms with E-state index in [-0.39, 0.29) is 12.5 Å². The number of ether oxygens (including phenoxy) is 1. The largest absolute Gasteiger partial charge is 0.394 e. The van der Waals surface area contributed by atoms with Crippen LogP contribution in [0.3, 0.4) is 0 Å². The molecule has 0 heterocycles. The third-order valence-electron chi connectivity index (χ3n) is 2.37. The molecule has 0 aliphatic heterocycles. The van der Waals surface area contributed by atoms with E-state index in [1.54, 1.807) is 4.90 Å². The van der Waals surface area contributed by atoms with Gasteiger partial charge in [-0.15, -0.1) is 0 Å². The summed E-state index contributed by atoms with van der Waals surface area (Å²) in [7, 11) is 0. The van der Waals surface area contributed by atoms with E-state index in [4.69, 9.17) is 9.84 Å². The molecule has 1 amide bonds. The molecule has 0 aromatic carbocycles. The fourth-order valence-electron chi connectivity index (χ4n) is 1.43. The first-order chi connectivity index (χ1) is 8.11. The molecule has 0 saturated carbocycles. The molecule has 0 unspecified atom stereocenters. The SMILES string of the molecule is CCN(CCOCCO)C(=O)CCNC(C)C. The molecular formula is C12H26N2O3. The maximum atomic E-state index is 11.8. The summed E-state index contributed by atoms with van der Waals surface area (Å²) < 4.78 is 5.15. The minimum atomic E-state index is 0.0262. The maximum absolute atomic E-state index is 11.8. The molecule has 0 bridgehead atoms. The molecule has 17 heavy (non-hydrogen) atoms. The monoisotopic (exact) mass is 246 g/mol. The van der Waals surface area contributed by atoms with Crippen molar-refractivity contribution in [3.63, 3.8) is 0 Å². The Labute approximate surface area is 104 Å². The lowest BCUT2D eigenvalue weighted by molar-refractivity contribution is -0.131. The van der Waals surface area contributed by atoms with Gasteiger partial charge in [0.1, 0.15) is 0 Å². The predicted octanol–water partition coefficient (Wildman–Crippen LogP) is 0.232. The van der Waals surface area contributed by atoms with E-state index >= 15 is 0 Å². The Hall–Kier alpha value is -0.650. The van der Waals surface area contributed by atoms with Crippen LogP contribution in [0, 0.1) is 0 Å². The quantitative estimate of drug-likeness (QED) is 0.542. The molecule has 0 spiro atoms. The normalized spacial score (nSPS) is 10.9. The molecule has 0 aliphatic carbocycles. The van der Waals surface area contributed by atoms with Gasteiger partial charge in [-0.05, 0) is 6.92 Å². The molecule has 0 aromatic rings. The van der Waals surface area contributed by atoms with Crippen LogP contribution in [-0.2, 0) is 9.53 Å². The van der Waals surface area contributed by atoms with E-state index in [0.717, 1.165) is 0 Å². The lowest BCUT2D eigenvalue weighted by Crippen LogP contribution is -2.36. The second kappa shape index (κ2) is 10.5. The van der Waals surface area contributed by atoms with Crippen molar-refractivity contribution in [2.75, 3.05) is 39.5 Å². The van der Waals surface area contributed by atoms with Crippen molar-refractivity contribution in [3.05, 3.63) is 0 Å². The smallest absolute Gasteiger partial charge is 0.223 e. The molecule has 0 rings (SSSR count). The second-order valence-corrected chi connectivity index (χ2v) is 4.17. The van der Waals surface area contributed by atoms with Crippen molar-refractivity contribution in [3.8, 4) is 0 Å². The van der Waals surface area contributed by atoms with Gasteiger partial charge in [-0.1, -0.05) is 13.8 Å². The van der Waals surface area contributed by atoms with Gasteiger partial charge in [0.05, 0.1) is 19.8 Å². The van der Waals surface area contributed by atoms with Crippen molar-refractivity contribution in [2.24, 2.45) is 0 Å². The van der Waals surface area contributed by atoms with Crippen LogP contribution in [0.2, 0.25) is 0 Å². The topological polar surface area (TPSA) is 61.8 Å². The van der Waals surface area contributed by atoms with Gasteiger partial charge in [0.25, 0.3) is 0 Å². The zero-order chi connectivity index (χ0) is 13.1. The number of aliphatic hydroxyl groups is 1. The second-order valence-electron chi connectivity index (χ2n) is 4.17. The maximum Gasteiger partial charge on any atom is 0.223 e. The summed E-state index contributed by atoms with van der Waals surface area (Å²) in [5.74, 6) is 0.147. The summed E-state index contributed by atoms with van der Waals surface area (Å²) >= 11 is 0. The Morgan fingerprint density at radius 2 is 2.12 bits per heavy atom. The summed E-state index contributed by atoms with van der Waals surface area (Å²) in [6, 6.07) is 0.408. The average molecular weight is 246 g/mol. The number of hydrogen-bond acceptors (Lipinski definition) is 4. The van der Waals surface area contributed by atoms with Gasteiger partial charge in [0.15, 0.2) is 0 Å². The van der Waals surface area contributed by atoms with Crippen molar-refractivity contribution >= 4 is 5.91 Å². The Kier molecular flexibility index (Phi) is 10.1. The Balaban J connectivity index is 3.71. The van der Waals surface area contributed by atoms with E-state index in [1.807, 2.05) is 6.92 Å². The molecule has 0 fully saturated rings. The van der Waals surface area contributed by atoms with Crippen LogP contribution < -0.4 is 5.32 Å². The lowest BCUT2D eigenvalue weighted by atomic mass is 10.3. The van der Waals surface area contributed by atoms with Gasteiger partial charge >= 0.3 is 0 Å². The van der Waals surface area contributed by atoms with Crippen LogP contribution >= 0.6 is 0 Å². The number of nitrogens with one attached hydrogen (secondary N) is 1. The molecule has 2 N–H and O–H groups in total. The van der Waals surface area contributed by atoms with Gasteiger partial charge in [-0.2, -0.15) is 0 Å². The number of rotatable bonds is 10. The highest BCUT2D eigenvalue weighted by molar-refractivity contribution is 5.76. The van der Waals surface area contributed by atoms with Gasteiger partial charge in [-0.25, -0.2) is 0 Å². The first kappa shape index (κ1) is 16.4. The van der Waals surface area contributed by atoms with Crippen molar-refractivity contribution < 1.29 is 14.6 Å². The van der Waals surface area contributed by atoms with Crippen LogP contribution in [0.15, 0.2) is 0 Å². The average Bonchev–Trinajstić information content (AvgIpc) is 2.28. The summed E-state index contributed by atoms with van der Waals surface area (Å²) in [4.78, 5) is 13.6. The van der Waals surface area contributed by atoms with Crippen LogP contribution in [0.4, 0.5) is 0 Å². The number of amides is 1. The Bertz CT molecular complexity index is 198. The number of aliphatic hydroxyl groups excluding tert-OH is 1. The van der Waals surface area contributed by atoms with Gasteiger partial charge in [-0.3, -0.25) is 4.79 Å². The molecule has 0 atom stereocenters. The fourth-order valence-corrected chi connectivity index (χ4v) is 1.43. The highest BCUT2D eigenvalue weighted by Gasteiger charge is 2.10. The van der Waals surface area contributed by atoms with Crippen molar-refractivity contribution in [2.45, 2.75) is 33.2 Å². The number of likely N-dealkylation sites (N-methyl/N-ethyl adjacent to an activating group) is 1. The van der Waals surface area contributed by atoms with E-state index in [1.165, 1.54) is 0 Å². The summed E-state index contributed by atoms with van der Waals surface area (Å²) in [6.45, 7) is 8.93. The van der Waals surface area contributed by atoms with Gasteiger partial charge in [0, 0.05) is 32.1 Å². The number of hydrogen-bond donors (Lipinski definition) is 2. The summed E-state index contributed by atoms with van der Waals surface area (Å²) in [5, 5.41) is 11.8. The molecule has 0 radical (unpaired) electrons. The third kappa shape index (κ3) is 9.09. The molecule has 102 valence electrons. The van der Waals surface area contributed by atoms with E-state index in [0.29, 0.717) is 45.3 Å². The number of carbonyl (C=O) groups is 1. The van der Waals surface area contributed by atoms with Gasteiger partial charge < -0.3 is 20.1 Å². The highest BCUT2D eigenvalue weighted by Crippen LogP contribution is 1.94. The summed E-state index contributed by atoms with van der Waals surface area (Å²) in [5.41, 5.74) is 0. The molecule has 0 aliphatic rings.